The lowest BCUT2D eigenvalue weighted by atomic mass is 10.1. The number of fused-ring (bicyclic) bond motifs is 1. The number of nitrogens with zero attached hydrogens (tertiary/aromatic N) is 1. The zero-order chi connectivity index (χ0) is 23.2. The summed E-state index contributed by atoms with van der Waals surface area (Å²) in [6.07, 6.45) is 0.324. The molecule has 2 amide bonds. The van der Waals surface area contributed by atoms with Gasteiger partial charge in [-0.1, -0.05) is 12.1 Å². The highest BCUT2D eigenvalue weighted by molar-refractivity contribution is 7.89. The van der Waals surface area contributed by atoms with Crippen LogP contribution >= 0.6 is 0 Å². The third kappa shape index (κ3) is 3.86. The van der Waals surface area contributed by atoms with E-state index in [1.165, 1.54) is 10.4 Å². The number of sulfonamides is 1. The van der Waals surface area contributed by atoms with Crippen LogP contribution in [0.5, 0.6) is 5.75 Å². The molecular formula is C23H27N3O5S. The zero-order valence-electron chi connectivity index (χ0n) is 18.6. The second-order valence-corrected chi connectivity index (χ2v) is 10.2. The number of ether oxygens (including phenoxy) is 1. The molecule has 2 unspecified atom stereocenters. The predicted octanol–water partition coefficient (Wildman–Crippen LogP) is 3.12. The van der Waals surface area contributed by atoms with Gasteiger partial charge in [0, 0.05) is 18.3 Å². The van der Waals surface area contributed by atoms with Crippen LogP contribution in [0.1, 0.15) is 36.5 Å². The van der Waals surface area contributed by atoms with Gasteiger partial charge in [0.1, 0.15) is 11.8 Å². The van der Waals surface area contributed by atoms with E-state index in [1.54, 1.807) is 19.9 Å². The van der Waals surface area contributed by atoms with Crippen LogP contribution in [0, 0.1) is 20.8 Å². The average Bonchev–Trinajstić information content (AvgIpc) is 3.23. The number of hydrogen-bond acceptors (Lipinski definition) is 5. The molecule has 1 saturated heterocycles. The zero-order valence-corrected chi connectivity index (χ0v) is 19.4. The molecule has 0 bridgehead atoms. The summed E-state index contributed by atoms with van der Waals surface area (Å²) < 4.78 is 34.0. The molecule has 2 aliphatic heterocycles. The largest absolute Gasteiger partial charge is 0.479 e. The summed E-state index contributed by atoms with van der Waals surface area (Å²) >= 11 is 0. The topological polar surface area (TPSA) is 105 Å². The Bertz CT molecular complexity index is 1210. The van der Waals surface area contributed by atoms with Crippen molar-refractivity contribution in [1.29, 1.82) is 0 Å². The molecule has 0 spiro atoms. The lowest BCUT2D eigenvalue weighted by Gasteiger charge is -2.27. The number of anilines is 2. The molecule has 8 nitrogen and oxygen atoms in total. The molecule has 0 aromatic heterocycles. The molecule has 2 heterocycles. The van der Waals surface area contributed by atoms with Crippen molar-refractivity contribution in [3.63, 3.8) is 0 Å². The lowest BCUT2D eigenvalue weighted by Crippen LogP contribution is -2.43. The summed E-state index contributed by atoms with van der Waals surface area (Å²) in [6, 6.07) is 7.86. The van der Waals surface area contributed by atoms with Gasteiger partial charge in [-0.05, 0) is 69.4 Å². The van der Waals surface area contributed by atoms with E-state index in [0.717, 1.165) is 11.1 Å². The molecule has 170 valence electrons. The van der Waals surface area contributed by atoms with Gasteiger partial charge >= 0.3 is 0 Å². The number of rotatable bonds is 4. The Balaban J connectivity index is 1.63. The maximum atomic E-state index is 13.6. The predicted molar refractivity (Wildman–Crippen MR) is 121 cm³/mol. The highest BCUT2D eigenvalue weighted by Gasteiger charge is 2.41. The quantitative estimate of drug-likeness (QED) is 0.734. The fourth-order valence-electron chi connectivity index (χ4n) is 4.14. The van der Waals surface area contributed by atoms with Gasteiger partial charge in [0.15, 0.2) is 6.10 Å². The van der Waals surface area contributed by atoms with Crippen molar-refractivity contribution in [3.05, 3.63) is 47.0 Å². The molecule has 9 heteroatoms. The van der Waals surface area contributed by atoms with Crippen molar-refractivity contribution >= 4 is 33.2 Å². The van der Waals surface area contributed by atoms with E-state index in [9.17, 15) is 18.0 Å². The van der Waals surface area contributed by atoms with Crippen LogP contribution in [0.25, 0.3) is 0 Å². The number of aryl methyl sites for hydroxylation is 2. The Kier molecular flexibility index (Phi) is 5.72. The van der Waals surface area contributed by atoms with Gasteiger partial charge in [-0.15, -0.1) is 0 Å². The maximum absolute atomic E-state index is 13.6. The first-order valence-electron chi connectivity index (χ1n) is 10.6. The van der Waals surface area contributed by atoms with Crippen molar-refractivity contribution in [2.45, 2.75) is 57.6 Å². The van der Waals surface area contributed by atoms with Gasteiger partial charge in [-0.25, -0.2) is 8.42 Å². The summed E-state index contributed by atoms with van der Waals surface area (Å²) in [5, 5.41) is 5.63. The highest BCUT2D eigenvalue weighted by atomic mass is 32.2. The number of carbonyl (C=O) groups is 2. The Morgan fingerprint density at radius 2 is 1.94 bits per heavy atom. The van der Waals surface area contributed by atoms with E-state index in [4.69, 9.17) is 4.74 Å². The number of hydrogen-bond donors (Lipinski definition) is 2. The molecule has 2 aromatic carbocycles. The average molecular weight is 458 g/mol. The van der Waals surface area contributed by atoms with Crippen molar-refractivity contribution in [2.24, 2.45) is 0 Å². The van der Waals surface area contributed by atoms with Crippen LogP contribution in [-0.2, 0) is 19.6 Å². The minimum absolute atomic E-state index is 0.0750. The van der Waals surface area contributed by atoms with Crippen LogP contribution in [0.3, 0.4) is 0 Å². The Hall–Kier alpha value is -2.91. The van der Waals surface area contributed by atoms with Crippen LogP contribution in [0.15, 0.2) is 35.2 Å². The first-order chi connectivity index (χ1) is 15.1. The van der Waals surface area contributed by atoms with Gasteiger partial charge in [0.25, 0.3) is 5.91 Å². The minimum Gasteiger partial charge on any atom is -0.479 e. The Morgan fingerprint density at radius 1 is 1.19 bits per heavy atom. The molecule has 1 fully saturated rings. The first-order valence-corrected chi connectivity index (χ1v) is 12.0. The normalized spacial score (nSPS) is 20.9. The molecule has 2 aromatic rings. The molecule has 0 saturated carbocycles. The molecular weight excluding hydrogens is 430 g/mol. The monoisotopic (exact) mass is 457 g/mol. The SMILES string of the molecule is Cc1cc2c(cc1S(=O)(=O)N1CCCC1C(=O)Nc1cccc(C)c1C)OC(C)C(=O)N2. The second-order valence-electron chi connectivity index (χ2n) is 8.37. The third-order valence-corrected chi connectivity index (χ3v) is 8.21. The molecule has 0 aliphatic carbocycles. The van der Waals surface area contributed by atoms with E-state index in [1.807, 2.05) is 32.0 Å². The van der Waals surface area contributed by atoms with Crippen molar-refractivity contribution in [3.8, 4) is 5.75 Å². The minimum atomic E-state index is -3.96. The van der Waals surface area contributed by atoms with Crippen molar-refractivity contribution in [1.82, 2.24) is 4.31 Å². The van der Waals surface area contributed by atoms with Gasteiger partial charge < -0.3 is 15.4 Å². The summed E-state index contributed by atoms with van der Waals surface area (Å²) in [5.74, 6) is -0.320. The van der Waals surface area contributed by atoms with Crippen LogP contribution in [0.4, 0.5) is 11.4 Å². The molecule has 0 radical (unpaired) electrons. The fraction of sp³-hybridized carbons (Fsp3) is 0.391. The number of benzene rings is 2. The van der Waals surface area contributed by atoms with Crippen LogP contribution < -0.4 is 15.4 Å². The summed E-state index contributed by atoms with van der Waals surface area (Å²) in [6.45, 7) is 7.41. The van der Waals surface area contributed by atoms with Crippen LogP contribution in [-0.4, -0.2) is 43.2 Å². The Morgan fingerprint density at radius 3 is 2.69 bits per heavy atom. The third-order valence-electron chi connectivity index (χ3n) is 6.16. The summed E-state index contributed by atoms with van der Waals surface area (Å²) in [5.41, 5.74) is 3.59. The first kappa shape index (κ1) is 22.3. The van der Waals surface area contributed by atoms with E-state index in [-0.39, 0.29) is 23.3 Å². The van der Waals surface area contributed by atoms with E-state index >= 15 is 0 Å². The summed E-state index contributed by atoms with van der Waals surface area (Å²) in [4.78, 5) is 25.0. The van der Waals surface area contributed by atoms with Gasteiger partial charge in [-0.2, -0.15) is 4.31 Å². The van der Waals surface area contributed by atoms with E-state index in [2.05, 4.69) is 10.6 Å². The highest BCUT2D eigenvalue weighted by Crippen LogP contribution is 2.37. The van der Waals surface area contributed by atoms with Gasteiger partial charge in [-0.3, -0.25) is 9.59 Å². The molecule has 4 rings (SSSR count). The smallest absolute Gasteiger partial charge is 0.265 e. The van der Waals surface area contributed by atoms with E-state index < -0.39 is 22.2 Å². The molecule has 2 N–H and O–H groups in total. The molecule has 32 heavy (non-hydrogen) atoms. The number of amides is 2. The Labute approximate surface area is 188 Å². The fourth-order valence-corrected chi connectivity index (χ4v) is 6.02. The van der Waals surface area contributed by atoms with Crippen molar-refractivity contribution < 1.29 is 22.7 Å². The molecule has 2 atom stereocenters. The molecule has 2 aliphatic rings. The number of carbonyl (C=O) groups excluding carboxylic acids is 2. The number of nitrogens with one attached hydrogen (secondary N) is 2. The standard InChI is InChI=1S/C23H27N3O5S/c1-13-7-5-8-17(15(13)3)24-23(28)19-9-6-10-26(19)32(29,30)21-12-20-18(11-14(21)2)25-22(27)16(4)31-20/h5,7-8,11-12,16,19H,6,9-10H2,1-4H3,(H,24,28)(H,25,27). The maximum Gasteiger partial charge on any atom is 0.265 e. The van der Waals surface area contributed by atoms with Crippen molar-refractivity contribution in [2.75, 3.05) is 17.2 Å². The lowest BCUT2D eigenvalue weighted by molar-refractivity contribution is -0.122. The van der Waals surface area contributed by atoms with E-state index in [0.29, 0.717) is 35.5 Å². The van der Waals surface area contributed by atoms with Crippen LogP contribution in [0.2, 0.25) is 0 Å². The summed E-state index contributed by atoms with van der Waals surface area (Å²) in [7, 11) is -3.96. The van der Waals surface area contributed by atoms with Gasteiger partial charge in [0.05, 0.1) is 10.6 Å². The second kappa shape index (κ2) is 8.22. The van der Waals surface area contributed by atoms with Gasteiger partial charge in [0.2, 0.25) is 15.9 Å².